The lowest BCUT2D eigenvalue weighted by molar-refractivity contribution is 0.547. The number of rotatable bonds is 4. The number of benzene rings is 1. The summed E-state index contributed by atoms with van der Waals surface area (Å²) in [6.45, 7) is 2.93. The molecule has 1 atom stereocenters. The Labute approximate surface area is 100 Å². The zero-order valence-corrected chi connectivity index (χ0v) is 9.87. The summed E-state index contributed by atoms with van der Waals surface area (Å²) in [7, 11) is 0. The minimum absolute atomic E-state index is 0.298. The third-order valence-corrected chi connectivity index (χ3v) is 2.81. The molecule has 0 aliphatic carbocycles. The van der Waals surface area contributed by atoms with E-state index in [2.05, 4.69) is 12.2 Å². The van der Waals surface area contributed by atoms with E-state index in [-0.39, 0.29) is 0 Å². The third-order valence-electron chi connectivity index (χ3n) is 2.56. The molecule has 0 aliphatic heterocycles. The summed E-state index contributed by atoms with van der Waals surface area (Å²) in [5.74, 6) is 0. The highest BCUT2D eigenvalue weighted by Gasteiger charge is 2.04. The molecular weight excluding hydrogens is 222 g/mol. The molecule has 0 spiro atoms. The molecule has 0 radical (unpaired) electrons. The van der Waals surface area contributed by atoms with Crippen molar-refractivity contribution < 1.29 is 4.42 Å². The maximum atomic E-state index is 5.84. The second-order valence-corrected chi connectivity index (χ2v) is 4.22. The van der Waals surface area contributed by atoms with Crippen molar-refractivity contribution in [2.75, 3.05) is 0 Å². The van der Waals surface area contributed by atoms with Crippen molar-refractivity contribution in [3.05, 3.63) is 59.0 Å². The Morgan fingerprint density at radius 2 is 2.00 bits per heavy atom. The first-order valence-corrected chi connectivity index (χ1v) is 5.63. The van der Waals surface area contributed by atoms with Crippen LogP contribution in [0.5, 0.6) is 0 Å². The molecule has 3 heteroatoms. The van der Waals surface area contributed by atoms with Crippen LogP contribution >= 0.6 is 11.6 Å². The van der Waals surface area contributed by atoms with Gasteiger partial charge in [0, 0.05) is 23.2 Å². The molecule has 2 aromatic rings. The third kappa shape index (κ3) is 2.87. The predicted octanol–water partition coefficient (Wildman–Crippen LogP) is 3.78. The van der Waals surface area contributed by atoms with Crippen LogP contribution in [-0.2, 0) is 6.54 Å². The number of halogens is 1. The van der Waals surface area contributed by atoms with Gasteiger partial charge in [0.25, 0.3) is 0 Å². The molecule has 1 aromatic carbocycles. The number of nitrogens with one attached hydrogen (secondary N) is 1. The van der Waals surface area contributed by atoms with Gasteiger partial charge in [-0.05, 0) is 30.7 Å². The van der Waals surface area contributed by atoms with E-state index in [1.165, 1.54) is 5.56 Å². The Morgan fingerprint density at radius 1 is 1.25 bits per heavy atom. The van der Waals surface area contributed by atoms with Crippen LogP contribution in [0.4, 0.5) is 0 Å². The predicted molar refractivity (Wildman–Crippen MR) is 65.4 cm³/mol. The molecule has 0 saturated heterocycles. The van der Waals surface area contributed by atoms with E-state index in [9.17, 15) is 0 Å². The molecule has 1 aromatic heterocycles. The molecule has 2 nitrogen and oxygen atoms in total. The van der Waals surface area contributed by atoms with Crippen LogP contribution in [0.15, 0.2) is 47.3 Å². The molecule has 0 unspecified atom stereocenters. The van der Waals surface area contributed by atoms with Crippen molar-refractivity contribution in [2.45, 2.75) is 19.5 Å². The fourth-order valence-corrected chi connectivity index (χ4v) is 1.66. The average molecular weight is 236 g/mol. The monoisotopic (exact) mass is 235 g/mol. The van der Waals surface area contributed by atoms with E-state index >= 15 is 0 Å². The largest absolute Gasteiger partial charge is 0.472 e. The van der Waals surface area contributed by atoms with Gasteiger partial charge in [-0.3, -0.25) is 0 Å². The standard InChI is InChI=1S/C13H14ClNO/c1-10(12-2-4-13(14)5-3-12)15-8-11-6-7-16-9-11/h2-7,9-10,15H,8H2,1H3/t10-/m0/s1. The molecule has 16 heavy (non-hydrogen) atoms. The Morgan fingerprint density at radius 3 is 2.62 bits per heavy atom. The van der Waals surface area contributed by atoms with Gasteiger partial charge >= 0.3 is 0 Å². The summed E-state index contributed by atoms with van der Waals surface area (Å²) in [5, 5.41) is 4.19. The highest BCUT2D eigenvalue weighted by atomic mass is 35.5. The second-order valence-electron chi connectivity index (χ2n) is 3.79. The zero-order chi connectivity index (χ0) is 11.4. The van der Waals surface area contributed by atoms with Gasteiger partial charge < -0.3 is 9.73 Å². The first-order valence-electron chi connectivity index (χ1n) is 5.25. The van der Waals surface area contributed by atoms with Crippen molar-refractivity contribution in [3.63, 3.8) is 0 Å². The molecule has 0 fully saturated rings. The van der Waals surface area contributed by atoms with Gasteiger partial charge in [0.1, 0.15) is 0 Å². The van der Waals surface area contributed by atoms with E-state index in [1.54, 1.807) is 12.5 Å². The van der Waals surface area contributed by atoms with Crippen LogP contribution in [-0.4, -0.2) is 0 Å². The smallest absolute Gasteiger partial charge is 0.0947 e. The quantitative estimate of drug-likeness (QED) is 0.873. The highest BCUT2D eigenvalue weighted by molar-refractivity contribution is 6.30. The second kappa shape index (κ2) is 5.19. The lowest BCUT2D eigenvalue weighted by Crippen LogP contribution is -2.17. The molecule has 84 valence electrons. The van der Waals surface area contributed by atoms with Crippen LogP contribution in [0, 0.1) is 0 Å². The average Bonchev–Trinajstić information content (AvgIpc) is 2.80. The Hall–Kier alpha value is -1.25. The maximum absolute atomic E-state index is 5.84. The first kappa shape index (κ1) is 11.2. The Kier molecular flexibility index (Phi) is 3.65. The minimum Gasteiger partial charge on any atom is -0.472 e. The molecule has 2 rings (SSSR count). The van der Waals surface area contributed by atoms with Crippen molar-refractivity contribution >= 4 is 11.6 Å². The maximum Gasteiger partial charge on any atom is 0.0947 e. The fourth-order valence-electron chi connectivity index (χ4n) is 1.53. The summed E-state index contributed by atoms with van der Waals surface area (Å²) in [6, 6.07) is 10.2. The minimum atomic E-state index is 0.298. The summed E-state index contributed by atoms with van der Waals surface area (Å²) < 4.78 is 5.01. The molecule has 1 heterocycles. The topological polar surface area (TPSA) is 25.2 Å². The zero-order valence-electron chi connectivity index (χ0n) is 9.11. The van der Waals surface area contributed by atoms with Gasteiger partial charge in [0.05, 0.1) is 12.5 Å². The van der Waals surface area contributed by atoms with E-state index in [0.29, 0.717) is 6.04 Å². The van der Waals surface area contributed by atoms with Crippen molar-refractivity contribution in [3.8, 4) is 0 Å². The molecular formula is C13H14ClNO. The summed E-state index contributed by atoms with van der Waals surface area (Å²) in [6.07, 6.45) is 3.44. The lowest BCUT2D eigenvalue weighted by Gasteiger charge is -2.13. The van der Waals surface area contributed by atoms with Gasteiger partial charge in [-0.2, -0.15) is 0 Å². The summed E-state index contributed by atoms with van der Waals surface area (Å²) >= 11 is 5.84. The van der Waals surface area contributed by atoms with E-state index in [4.69, 9.17) is 16.0 Å². The summed E-state index contributed by atoms with van der Waals surface area (Å²) in [4.78, 5) is 0. The SMILES string of the molecule is C[C@H](NCc1ccoc1)c1ccc(Cl)cc1. The molecule has 0 amide bonds. The molecule has 1 N–H and O–H groups in total. The van der Waals surface area contributed by atoms with Crippen LogP contribution in [0.25, 0.3) is 0 Å². The van der Waals surface area contributed by atoms with Crippen molar-refractivity contribution in [2.24, 2.45) is 0 Å². The number of hydrogen-bond donors (Lipinski definition) is 1. The number of hydrogen-bond acceptors (Lipinski definition) is 2. The number of furan rings is 1. The van der Waals surface area contributed by atoms with Gasteiger partial charge in [-0.15, -0.1) is 0 Å². The normalized spacial score (nSPS) is 12.6. The first-order chi connectivity index (χ1) is 7.75. The highest BCUT2D eigenvalue weighted by Crippen LogP contribution is 2.16. The van der Waals surface area contributed by atoms with Gasteiger partial charge in [-0.1, -0.05) is 23.7 Å². The summed E-state index contributed by atoms with van der Waals surface area (Å²) in [5.41, 5.74) is 2.38. The van der Waals surface area contributed by atoms with Crippen LogP contribution in [0.2, 0.25) is 5.02 Å². The lowest BCUT2D eigenvalue weighted by atomic mass is 10.1. The molecule has 0 aliphatic rings. The van der Waals surface area contributed by atoms with Crippen LogP contribution in [0.1, 0.15) is 24.1 Å². The van der Waals surface area contributed by atoms with Crippen LogP contribution in [0.3, 0.4) is 0 Å². The van der Waals surface area contributed by atoms with Gasteiger partial charge in [-0.25, -0.2) is 0 Å². The van der Waals surface area contributed by atoms with Crippen molar-refractivity contribution in [1.29, 1.82) is 0 Å². The Balaban J connectivity index is 1.93. The van der Waals surface area contributed by atoms with Gasteiger partial charge in [0.2, 0.25) is 0 Å². The fraction of sp³-hybridized carbons (Fsp3) is 0.231. The van der Waals surface area contributed by atoms with E-state index in [0.717, 1.165) is 17.1 Å². The van der Waals surface area contributed by atoms with E-state index in [1.807, 2.05) is 30.3 Å². The van der Waals surface area contributed by atoms with E-state index < -0.39 is 0 Å². The molecule has 0 saturated carbocycles. The van der Waals surface area contributed by atoms with Crippen molar-refractivity contribution in [1.82, 2.24) is 5.32 Å². The van der Waals surface area contributed by atoms with Crippen LogP contribution < -0.4 is 5.32 Å². The molecule has 0 bridgehead atoms. The Bertz CT molecular complexity index is 422. The van der Waals surface area contributed by atoms with Gasteiger partial charge in [0.15, 0.2) is 0 Å².